The van der Waals surface area contributed by atoms with Gasteiger partial charge in [0.05, 0.1) is 6.10 Å². The molecule has 0 amide bonds. The third kappa shape index (κ3) is 4.43. The minimum atomic E-state index is 0.546. The molecule has 0 aliphatic carbocycles. The second kappa shape index (κ2) is 6.80. The fraction of sp³-hybridized carbons (Fsp3) is 1.00. The molecule has 0 N–H and O–H groups in total. The molecule has 0 spiro atoms. The van der Waals surface area contributed by atoms with Gasteiger partial charge in [0, 0.05) is 25.0 Å². The van der Waals surface area contributed by atoms with Gasteiger partial charge in [-0.3, -0.25) is 0 Å². The molecule has 13 heavy (non-hydrogen) atoms. The summed E-state index contributed by atoms with van der Waals surface area (Å²) in [4.78, 5) is 2.47. The predicted octanol–water partition coefficient (Wildman–Crippen LogP) is 2.27. The number of nitrogens with zero attached hydrogens (tertiary/aromatic N) is 1. The molecule has 1 rings (SSSR count). The summed E-state index contributed by atoms with van der Waals surface area (Å²) in [6.07, 6.45) is 4.28. The highest BCUT2D eigenvalue weighted by Gasteiger charge is 2.15. The van der Waals surface area contributed by atoms with Crippen molar-refractivity contribution in [3.63, 3.8) is 0 Å². The van der Waals surface area contributed by atoms with Gasteiger partial charge >= 0.3 is 0 Å². The average Bonchev–Trinajstić information content (AvgIpc) is 2.64. The van der Waals surface area contributed by atoms with Crippen molar-refractivity contribution in [2.24, 2.45) is 0 Å². The Morgan fingerprint density at radius 1 is 1.46 bits per heavy atom. The smallest absolute Gasteiger partial charge is 0.0588 e. The molecule has 0 aromatic carbocycles. The van der Waals surface area contributed by atoms with E-state index in [1.54, 1.807) is 0 Å². The summed E-state index contributed by atoms with van der Waals surface area (Å²) in [5.74, 6) is 0. The van der Waals surface area contributed by atoms with E-state index in [9.17, 15) is 0 Å². The highest BCUT2D eigenvalue weighted by molar-refractivity contribution is 9.09. The van der Waals surface area contributed by atoms with Gasteiger partial charge in [0.1, 0.15) is 0 Å². The molecule has 1 aliphatic heterocycles. The SMILES string of the molecule is CCN(CCBr)CCC1CCCO1. The van der Waals surface area contributed by atoms with Crippen molar-refractivity contribution in [1.29, 1.82) is 0 Å². The number of ether oxygens (including phenoxy) is 1. The summed E-state index contributed by atoms with van der Waals surface area (Å²) in [5.41, 5.74) is 0. The standard InChI is InChI=1S/C10H20BrNO/c1-2-12(8-6-11)7-5-10-4-3-9-13-10/h10H,2-9H2,1H3. The van der Waals surface area contributed by atoms with Gasteiger partial charge in [-0.15, -0.1) is 0 Å². The van der Waals surface area contributed by atoms with Crippen LogP contribution in [0.3, 0.4) is 0 Å². The van der Waals surface area contributed by atoms with Crippen LogP contribution >= 0.6 is 15.9 Å². The van der Waals surface area contributed by atoms with E-state index in [-0.39, 0.29) is 0 Å². The van der Waals surface area contributed by atoms with Crippen LogP contribution in [0.25, 0.3) is 0 Å². The van der Waals surface area contributed by atoms with Gasteiger partial charge in [0.25, 0.3) is 0 Å². The molecule has 0 aromatic heterocycles. The molecule has 1 heterocycles. The van der Waals surface area contributed by atoms with E-state index in [0.29, 0.717) is 6.10 Å². The number of rotatable bonds is 6. The molecular weight excluding hydrogens is 230 g/mol. The maximum absolute atomic E-state index is 5.59. The van der Waals surface area contributed by atoms with E-state index in [1.165, 1.54) is 25.8 Å². The van der Waals surface area contributed by atoms with E-state index in [0.717, 1.165) is 25.0 Å². The van der Waals surface area contributed by atoms with Gasteiger partial charge in [-0.25, -0.2) is 0 Å². The third-order valence-electron chi connectivity index (χ3n) is 2.64. The second-order valence-corrected chi connectivity index (χ2v) is 4.34. The third-order valence-corrected chi connectivity index (χ3v) is 2.99. The van der Waals surface area contributed by atoms with Crippen molar-refractivity contribution < 1.29 is 4.74 Å². The Labute approximate surface area is 89.8 Å². The Hall–Kier alpha value is 0.400. The fourth-order valence-corrected chi connectivity index (χ4v) is 2.25. The Bertz CT molecular complexity index is 126. The van der Waals surface area contributed by atoms with Crippen molar-refractivity contribution in [2.75, 3.05) is 31.6 Å². The lowest BCUT2D eigenvalue weighted by atomic mass is 10.2. The zero-order valence-corrected chi connectivity index (χ0v) is 10.1. The molecule has 0 bridgehead atoms. The minimum absolute atomic E-state index is 0.546. The Morgan fingerprint density at radius 2 is 2.31 bits per heavy atom. The van der Waals surface area contributed by atoms with Gasteiger partial charge in [-0.05, 0) is 25.8 Å². The van der Waals surface area contributed by atoms with Gasteiger partial charge in [-0.2, -0.15) is 0 Å². The van der Waals surface area contributed by atoms with Crippen LogP contribution in [-0.4, -0.2) is 42.6 Å². The summed E-state index contributed by atoms with van der Waals surface area (Å²) in [6.45, 7) is 6.70. The normalized spacial score (nSPS) is 22.8. The van der Waals surface area contributed by atoms with Crippen molar-refractivity contribution in [3.05, 3.63) is 0 Å². The highest BCUT2D eigenvalue weighted by atomic mass is 79.9. The van der Waals surface area contributed by atoms with Crippen molar-refractivity contribution >= 4 is 15.9 Å². The maximum Gasteiger partial charge on any atom is 0.0588 e. The largest absolute Gasteiger partial charge is 0.378 e. The Morgan fingerprint density at radius 3 is 2.85 bits per heavy atom. The van der Waals surface area contributed by atoms with Crippen LogP contribution in [0.2, 0.25) is 0 Å². The van der Waals surface area contributed by atoms with E-state index < -0.39 is 0 Å². The van der Waals surface area contributed by atoms with Gasteiger partial charge in [0.2, 0.25) is 0 Å². The summed E-state index contributed by atoms with van der Waals surface area (Å²) < 4.78 is 5.59. The summed E-state index contributed by atoms with van der Waals surface area (Å²) >= 11 is 3.47. The lowest BCUT2D eigenvalue weighted by molar-refractivity contribution is 0.0935. The summed E-state index contributed by atoms with van der Waals surface area (Å²) in [7, 11) is 0. The zero-order chi connectivity index (χ0) is 9.52. The molecule has 1 atom stereocenters. The number of hydrogen-bond acceptors (Lipinski definition) is 2. The van der Waals surface area contributed by atoms with Crippen LogP contribution in [0.15, 0.2) is 0 Å². The predicted molar refractivity (Wildman–Crippen MR) is 59.5 cm³/mol. The van der Waals surface area contributed by atoms with Crippen LogP contribution < -0.4 is 0 Å². The second-order valence-electron chi connectivity index (χ2n) is 3.55. The number of alkyl halides is 1. The van der Waals surface area contributed by atoms with Crippen molar-refractivity contribution in [1.82, 2.24) is 4.90 Å². The van der Waals surface area contributed by atoms with Crippen LogP contribution in [0, 0.1) is 0 Å². The fourth-order valence-electron chi connectivity index (χ4n) is 1.75. The Kier molecular flexibility index (Phi) is 6.00. The van der Waals surface area contributed by atoms with Gasteiger partial charge in [-0.1, -0.05) is 22.9 Å². The lowest BCUT2D eigenvalue weighted by Gasteiger charge is -2.20. The Balaban J connectivity index is 2.07. The first-order valence-electron chi connectivity index (χ1n) is 5.26. The summed E-state index contributed by atoms with van der Waals surface area (Å²) in [6, 6.07) is 0. The highest BCUT2D eigenvalue weighted by Crippen LogP contribution is 2.15. The summed E-state index contributed by atoms with van der Waals surface area (Å²) in [5, 5.41) is 1.08. The van der Waals surface area contributed by atoms with Crippen LogP contribution in [0.5, 0.6) is 0 Å². The molecule has 2 nitrogen and oxygen atoms in total. The molecule has 0 aromatic rings. The van der Waals surface area contributed by atoms with E-state index in [4.69, 9.17) is 4.74 Å². The monoisotopic (exact) mass is 249 g/mol. The van der Waals surface area contributed by atoms with E-state index >= 15 is 0 Å². The molecule has 78 valence electrons. The number of halogens is 1. The molecular formula is C10H20BrNO. The molecule has 1 saturated heterocycles. The maximum atomic E-state index is 5.59. The minimum Gasteiger partial charge on any atom is -0.378 e. The first-order valence-corrected chi connectivity index (χ1v) is 6.39. The molecule has 0 radical (unpaired) electrons. The van der Waals surface area contributed by atoms with Gasteiger partial charge < -0.3 is 9.64 Å². The quantitative estimate of drug-likeness (QED) is 0.670. The average molecular weight is 250 g/mol. The molecule has 3 heteroatoms. The van der Waals surface area contributed by atoms with Gasteiger partial charge in [0.15, 0.2) is 0 Å². The molecule has 1 fully saturated rings. The molecule has 1 aliphatic rings. The molecule has 0 saturated carbocycles. The topological polar surface area (TPSA) is 12.5 Å². The molecule has 1 unspecified atom stereocenters. The first kappa shape index (κ1) is 11.5. The lowest BCUT2D eigenvalue weighted by Crippen LogP contribution is -2.28. The van der Waals surface area contributed by atoms with Crippen LogP contribution in [-0.2, 0) is 4.74 Å². The first-order chi connectivity index (χ1) is 6.36. The van der Waals surface area contributed by atoms with Crippen LogP contribution in [0.1, 0.15) is 26.2 Å². The number of hydrogen-bond donors (Lipinski definition) is 0. The van der Waals surface area contributed by atoms with Crippen molar-refractivity contribution in [3.8, 4) is 0 Å². The zero-order valence-electron chi connectivity index (χ0n) is 8.47. The van der Waals surface area contributed by atoms with Crippen molar-refractivity contribution in [2.45, 2.75) is 32.3 Å². The van der Waals surface area contributed by atoms with Crippen LogP contribution in [0.4, 0.5) is 0 Å². The van der Waals surface area contributed by atoms with E-state index in [1.807, 2.05) is 0 Å². The van der Waals surface area contributed by atoms with E-state index in [2.05, 4.69) is 27.8 Å².